The predicted octanol–water partition coefficient (Wildman–Crippen LogP) is 2.02. The van der Waals surface area contributed by atoms with Crippen molar-refractivity contribution in [1.82, 2.24) is 14.5 Å². The van der Waals surface area contributed by atoms with Crippen LogP contribution < -0.4 is 5.32 Å². The van der Waals surface area contributed by atoms with Crippen LogP contribution in [0.5, 0.6) is 0 Å². The van der Waals surface area contributed by atoms with Gasteiger partial charge in [0.2, 0.25) is 21.8 Å². The van der Waals surface area contributed by atoms with Crippen LogP contribution in [0, 0.1) is 0 Å². The van der Waals surface area contributed by atoms with Gasteiger partial charge in [-0.3, -0.25) is 9.59 Å². The Hall–Kier alpha value is -2.42. The highest BCUT2D eigenvalue weighted by Crippen LogP contribution is 2.27. The molecule has 0 aromatic heterocycles. The van der Waals surface area contributed by atoms with E-state index in [1.165, 1.54) is 4.90 Å². The smallest absolute Gasteiger partial charge is 0.247 e. The van der Waals surface area contributed by atoms with Gasteiger partial charge in [0.15, 0.2) is 0 Å². The van der Waals surface area contributed by atoms with Crippen LogP contribution in [0.1, 0.15) is 18.1 Å². The Bertz CT molecular complexity index is 1030. The molecular formula is C21H24ClN3O4S. The summed E-state index contributed by atoms with van der Waals surface area (Å²) < 4.78 is 25.3. The zero-order valence-electron chi connectivity index (χ0n) is 16.8. The summed E-state index contributed by atoms with van der Waals surface area (Å²) in [5.74, 6) is -0.838. The maximum absolute atomic E-state index is 13.2. The van der Waals surface area contributed by atoms with Crippen molar-refractivity contribution < 1.29 is 18.0 Å². The standard InChI is InChI=1S/C21H24ClN3O4S/c1-21(20(27)23-12-16-8-10-18(22)11-9-16)15-24(30(2,28)29)14-19(26)25(21)13-17-6-4-3-5-7-17/h3-11H,12-15H2,1-2H3,(H,23,27). The molecule has 2 aromatic rings. The van der Waals surface area contributed by atoms with Crippen LogP contribution in [-0.4, -0.2) is 54.3 Å². The van der Waals surface area contributed by atoms with Crippen molar-refractivity contribution in [1.29, 1.82) is 0 Å². The first kappa shape index (κ1) is 22.3. The molecule has 1 fully saturated rings. The first-order valence-electron chi connectivity index (χ1n) is 9.42. The van der Waals surface area contributed by atoms with Crippen molar-refractivity contribution in [2.45, 2.75) is 25.6 Å². The molecule has 2 aromatic carbocycles. The molecule has 30 heavy (non-hydrogen) atoms. The molecule has 1 N–H and O–H groups in total. The molecule has 0 radical (unpaired) electrons. The molecule has 1 atom stereocenters. The minimum atomic E-state index is -3.64. The van der Waals surface area contributed by atoms with Crippen LogP contribution in [0.25, 0.3) is 0 Å². The van der Waals surface area contributed by atoms with Gasteiger partial charge in [-0.05, 0) is 30.2 Å². The van der Waals surface area contributed by atoms with E-state index in [2.05, 4.69) is 5.32 Å². The lowest BCUT2D eigenvalue weighted by atomic mass is 9.94. The summed E-state index contributed by atoms with van der Waals surface area (Å²) in [5, 5.41) is 3.43. The lowest BCUT2D eigenvalue weighted by molar-refractivity contribution is -0.153. The molecular weight excluding hydrogens is 426 g/mol. The molecule has 0 aliphatic carbocycles. The van der Waals surface area contributed by atoms with Gasteiger partial charge in [0.05, 0.1) is 12.8 Å². The van der Waals surface area contributed by atoms with Crippen LogP contribution in [0.4, 0.5) is 0 Å². The van der Waals surface area contributed by atoms with E-state index in [4.69, 9.17) is 11.6 Å². The van der Waals surface area contributed by atoms with Gasteiger partial charge >= 0.3 is 0 Å². The number of hydrogen-bond acceptors (Lipinski definition) is 4. The van der Waals surface area contributed by atoms with E-state index in [-0.39, 0.29) is 26.2 Å². The maximum Gasteiger partial charge on any atom is 0.247 e. The minimum Gasteiger partial charge on any atom is -0.350 e. The number of amides is 2. The first-order chi connectivity index (χ1) is 14.1. The molecule has 1 unspecified atom stereocenters. The summed E-state index contributed by atoms with van der Waals surface area (Å²) in [5.41, 5.74) is 0.337. The fourth-order valence-electron chi connectivity index (χ4n) is 3.43. The summed E-state index contributed by atoms with van der Waals surface area (Å²) in [6.07, 6.45) is 1.04. The zero-order valence-corrected chi connectivity index (χ0v) is 18.4. The molecule has 1 aliphatic heterocycles. The van der Waals surface area contributed by atoms with Crippen LogP contribution in [0.2, 0.25) is 5.02 Å². The van der Waals surface area contributed by atoms with E-state index in [9.17, 15) is 18.0 Å². The number of sulfonamides is 1. The summed E-state index contributed by atoms with van der Waals surface area (Å²) in [6.45, 7) is 1.64. The molecule has 7 nitrogen and oxygen atoms in total. The number of hydrogen-bond donors (Lipinski definition) is 1. The second kappa shape index (κ2) is 8.75. The second-order valence-corrected chi connectivity index (χ2v) is 10.00. The Balaban J connectivity index is 1.86. The third-order valence-electron chi connectivity index (χ3n) is 5.20. The van der Waals surface area contributed by atoms with Gasteiger partial charge in [0.1, 0.15) is 5.54 Å². The Kier molecular flexibility index (Phi) is 6.50. The van der Waals surface area contributed by atoms with Gasteiger partial charge in [-0.15, -0.1) is 0 Å². The molecule has 1 heterocycles. The zero-order chi connectivity index (χ0) is 21.9. The SMILES string of the molecule is CC1(C(=O)NCc2ccc(Cl)cc2)CN(S(C)(=O)=O)CC(=O)N1Cc1ccccc1. The molecule has 0 spiro atoms. The van der Waals surface area contributed by atoms with Crippen LogP contribution in [-0.2, 0) is 32.7 Å². The molecule has 160 valence electrons. The third-order valence-corrected chi connectivity index (χ3v) is 6.65. The van der Waals surface area contributed by atoms with Crippen LogP contribution >= 0.6 is 11.6 Å². The van der Waals surface area contributed by atoms with Crippen molar-refractivity contribution in [2.24, 2.45) is 0 Å². The number of carbonyl (C=O) groups is 2. The van der Waals surface area contributed by atoms with E-state index in [0.29, 0.717) is 5.02 Å². The largest absolute Gasteiger partial charge is 0.350 e. The Labute approximate surface area is 181 Å². The number of carbonyl (C=O) groups excluding carboxylic acids is 2. The predicted molar refractivity (Wildman–Crippen MR) is 115 cm³/mol. The topological polar surface area (TPSA) is 86.8 Å². The summed E-state index contributed by atoms with van der Waals surface area (Å²) in [6, 6.07) is 16.3. The number of rotatable bonds is 6. The molecule has 2 amide bonds. The average molecular weight is 450 g/mol. The lowest BCUT2D eigenvalue weighted by Crippen LogP contribution is -2.69. The van der Waals surface area contributed by atoms with Crippen LogP contribution in [0.3, 0.4) is 0 Å². The number of halogens is 1. The van der Waals surface area contributed by atoms with Crippen molar-refractivity contribution >= 4 is 33.4 Å². The summed E-state index contributed by atoms with van der Waals surface area (Å²) in [4.78, 5) is 27.6. The fraction of sp³-hybridized carbons (Fsp3) is 0.333. The average Bonchev–Trinajstić information content (AvgIpc) is 2.70. The van der Waals surface area contributed by atoms with Crippen LogP contribution in [0.15, 0.2) is 54.6 Å². The number of piperazine rings is 1. The molecule has 9 heteroatoms. The maximum atomic E-state index is 13.2. The van der Waals surface area contributed by atoms with E-state index in [1.54, 1.807) is 31.2 Å². The Morgan fingerprint density at radius 1 is 1.10 bits per heavy atom. The summed E-state index contributed by atoms with van der Waals surface area (Å²) in [7, 11) is -3.64. The van der Waals surface area contributed by atoms with E-state index < -0.39 is 27.4 Å². The summed E-state index contributed by atoms with van der Waals surface area (Å²) >= 11 is 5.90. The molecule has 0 bridgehead atoms. The highest BCUT2D eigenvalue weighted by atomic mass is 35.5. The van der Waals surface area contributed by atoms with E-state index in [1.807, 2.05) is 30.3 Å². The van der Waals surface area contributed by atoms with Crippen molar-refractivity contribution in [3.8, 4) is 0 Å². The Morgan fingerprint density at radius 3 is 2.33 bits per heavy atom. The van der Waals surface area contributed by atoms with E-state index in [0.717, 1.165) is 21.7 Å². The third kappa shape index (κ3) is 5.00. The van der Waals surface area contributed by atoms with Gasteiger partial charge in [-0.25, -0.2) is 8.42 Å². The minimum absolute atomic E-state index is 0.114. The van der Waals surface area contributed by atoms with Crippen molar-refractivity contribution in [3.63, 3.8) is 0 Å². The number of nitrogens with one attached hydrogen (secondary N) is 1. The molecule has 3 rings (SSSR count). The van der Waals surface area contributed by atoms with Gasteiger partial charge in [-0.1, -0.05) is 54.1 Å². The first-order valence-corrected chi connectivity index (χ1v) is 11.6. The lowest BCUT2D eigenvalue weighted by Gasteiger charge is -2.46. The monoisotopic (exact) mass is 449 g/mol. The second-order valence-electron chi connectivity index (χ2n) is 7.58. The van der Waals surface area contributed by atoms with Crippen molar-refractivity contribution in [3.05, 3.63) is 70.7 Å². The van der Waals surface area contributed by atoms with Gasteiger partial charge in [0.25, 0.3) is 0 Å². The Morgan fingerprint density at radius 2 is 1.73 bits per heavy atom. The normalized spacial score (nSPS) is 20.2. The highest BCUT2D eigenvalue weighted by Gasteiger charge is 2.49. The molecule has 1 saturated heterocycles. The van der Waals surface area contributed by atoms with Gasteiger partial charge < -0.3 is 10.2 Å². The van der Waals surface area contributed by atoms with Crippen molar-refractivity contribution in [2.75, 3.05) is 19.3 Å². The molecule has 0 saturated carbocycles. The molecule has 1 aliphatic rings. The van der Waals surface area contributed by atoms with E-state index >= 15 is 0 Å². The van der Waals surface area contributed by atoms with Gasteiger partial charge in [-0.2, -0.15) is 4.31 Å². The number of nitrogens with zero attached hydrogens (tertiary/aromatic N) is 2. The fourth-order valence-corrected chi connectivity index (χ4v) is 4.39. The quantitative estimate of drug-likeness (QED) is 0.730. The number of benzene rings is 2. The highest BCUT2D eigenvalue weighted by molar-refractivity contribution is 7.88. The van der Waals surface area contributed by atoms with Gasteiger partial charge in [0, 0.05) is 24.7 Å².